The lowest BCUT2D eigenvalue weighted by molar-refractivity contribution is -0.125. The zero-order valence-electron chi connectivity index (χ0n) is 12.6. The summed E-state index contributed by atoms with van der Waals surface area (Å²) in [5.41, 5.74) is 0.207. The van der Waals surface area contributed by atoms with Crippen molar-refractivity contribution in [3.63, 3.8) is 0 Å². The molecule has 1 atom stereocenters. The molecule has 0 bridgehead atoms. The van der Waals surface area contributed by atoms with Crippen LogP contribution in [0.25, 0.3) is 0 Å². The molecule has 1 heterocycles. The van der Waals surface area contributed by atoms with Gasteiger partial charge in [0.15, 0.2) is 18.1 Å². The van der Waals surface area contributed by atoms with Crippen LogP contribution in [0.4, 0.5) is 0 Å². The Morgan fingerprint density at radius 3 is 2.73 bits per heavy atom. The van der Waals surface area contributed by atoms with E-state index >= 15 is 0 Å². The minimum atomic E-state index is -0.646. The fraction of sp³-hybridized carbons (Fsp3) is 0.467. The van der Waals surface area contributed by atoms with Crippen LogP contribution in [0.5, 0.6) is 11.5 Å². The van der Waals surface area contributed by atoms with Gasteiger partial charge in [0.25, 0.3) is 5.91 Å². The number of benzene rings is 1. The molecular weight excluding hydrogens is 310 g/mol. The molecule has 0 spiro atoms. The van der Waals surface area contributed by atoms with Gasteiger partial charge in [0.2, 0.25) is 6.79 Å². The fourth-order valence-electron chi connectivity index (χ4n) is 1.76. The van der Waals surface area contributed by atoms with Crippen LogP contribution in [0, 0.1) is 5.92 Å². The van der Waals surface area contributed by atoms with E-state index in [1.54, 1.807) is 0 Å². The number of nitrogens with one attached hydrogen (secondary N) is 1. The minimum Gasteiger partial charge on any atom is -0.454 e. The van der Waals surface area contributed by atoms with Crippen LogP contribution < -0.4 is 14.8 Å². The van der Waals surface area contributed by atoms with Gasteiger partial charge in [-0.1, -0.05) is 25.4 Å². The summed E-state index contributed by atoms with van der Waals surface area (Å²) in [6.45, 7) is 5.59. The summed E-state index contributed by atoms with van der Waals surface area (Å²) in [7, 11) is 0. The standard InChI is InChI=1S/C15H18ClNO5/c1-8(2)9(3)17-13(18)6-20-15(19)10-4-11(16)14-12(5-10)21-7-22-14/h4-5,8-9H,6-7H2,1-3H3,(H,17,18)/t9-/m0/s1. The summed E-state index contributed by atoms with van der Waals surface area (Å²) < 4.78 is 15.3. The number of esters is 1. The molecule has 0 unspecified atom stereocenters. The molecular formula is C15H18ClNO5. The quantitative estimate of drug-likeness (QED) is 0.840. The average molecular weight is 328 g/mol. The molecule has 6 nitrogen and oxygen atoms in total. The number of hydrogen-bond acceptors (Lipinski definition) is 5. The second-order valence-corrected chi connectivity index (χ2v) is 5.78. The lowest BCUT2D eigenvalue weighted by Crippen LogP contribution is -2.38. The number of carbonyl (C=O) groups excluding carboxylic acids is 2. The molecule has 1 N–H and O–H groups in total. The van der Waals surface area contributed by atoms with E-state index in [2.05, 4.69) is 5.32 Å². The largest absolute Gasteiger partial charge is 0.454 e. The first-order valence-electron chi connectivity index (χ1n) is 6.94. The maximum Gasteiger partial charge on any atom is 0.338 e. The third-order valence-corrected chi connectivity index (χ3v) is 3.67. The van der Waals surface area contributed by atoms with Crippen molar-refractivity contribution >= 4 is 23.5 Å². The molecule has 1 aromatic carbocycles. The molecule has 120 valence electrons. The van der Waals surface area contributed by atoms with Crippen molar-refractivity contribution in [2.45, 2.75) is 26.8 Å². The molecule has 7 heteroatoms. The molecule has 1 aromatic rings. The Labute approximate surface area is 133 Å². The highest BCUT2D eigenvalue weighted by atomic mass is 35.5. The number of hydrogen-bond donors (Lipinski definition) is 1. The van der Waals surface area contributed by atoms with Crippen molar-refractivity contribution in [1.82, 2.24) is 5.32 Å². The van der Waals surface area contributed by atoms with Crippen LogP contribution in [0.2, 0.25) is 5.02 Å². The summed E-state index contributed by atoms with van der Waals surface area (Å²) in [5.74, 6) is 0.0975. The summed E-state index contributed by atoms with van der Waals surface area (Å²) in [6.07, 6.45) is 0. The molecule has 0 saturated carbocycles. The second-order valence-electron chi connectivity index (χ2n) is 5.37. The third kappa shape index (κ3) is 3.82. The van der Waals surface area contributed by atoms with Crippen LogP contribution in [0.3, 0.4) is 0 Å². The van der Waals surface area contributed by atoms with Gasteiger partial charge in [0, 0.05) is 6.04 Å². The highest BCUT2D eigenvalue weighted by molar-refractivity contribution is 6.32. The summed E-state index contributed by atoms with van der Waals surface area (Å²) >= 11 is 5.99. The van der Waals surface area contributed by atoms with Gasteiger partial charge in [-0.05, 0) is 25.0 Å². The lowest BCUT2D eigenvalue weighted by Gasteiger charge is -2.17. The van der Waals surface area contributed by atoms with Crippen molar-refractivity contribution in [2.24, 2.45) is 5.92 Å². The zero-order valence-corrected chi connectivity index (χ0v) is 13.4. The summed E-state index contributed by atoms with van der Waals surface area (Å²) in [6, 6.07) is 2.91. The summed E-state index contributed by atoms with van der Waals surface area (Å²) in [5, 5.41) is 3.02. The van der Waals surface area contributed by atoms with E-state index < -0.39 is 5.97 Å². The number of halogens is 1. The predicted octanol–water partition coefficient (Wildman–Crippen LogP) is 2.39. The summed E-state index contributed by atoms with van der Waals surface area (Å²) in [4.78, 5) is 23.7. The fourth-order valence-corrected chi connectivity index (χ4v) is 2.03. The highest BCUT2D eigenvalue weighted by Gasteiger charge is 2.22. The van der Waals surface area contributed by atoms with E-state index in [1.807, 2.05) is 20.8 Å². The molecule has 2 rings (SSSR count). The Balaban J connectivity index is 1.93. The zero-order chi connectivity index (χ0) is 16.3. The van der Waals surface area contributed by atoms with Gasteiger partial charge in [-0.15, -0.1) is 0 Å². The third-order valence-electron chi connectivity index (χ3n) is 3.39. The van der Waals surface area contributed by atoms with Crippen molar-refractivity contribution in [2.75, 3.05) is 13.4 Å². The maximum absolute atomic E-state index is 12.0. The van der Waals surface area contributed by atoms with Gasteiger partial charge in [0.1, 0.15) is 0 Å². The van der Waals surface area contributed by atoms with Crippen LogP contribution >= 0.6 is 11.6 Å². The van der Waals surface area contributed by atoms with Gasteiger partial charge in [0.05, 0.1) is 10.6 Å². The first-order chi connectivity index (χ1) is 10.4. The Kier molecular flexibility index (Phi) is 5.13. The number of ether oxygens (including phenoxy) is 3. The Hall–Kier alpha value is -1.95. The molecule has 1 aliphatic heterocycles. The van der Waals surface area contributed by atoms with Crippen LogP contribution in [0.1, 0.15) is 31.1 Å². The molecule has 0 aliphatic carbocycles. The first-order valence-corrected chi connectivity index (χ1v) is 7.32. The molecule has 1 amide bonds. The number of carbonyl (C=O) groups is 2. The molecule has 22 heavy (non-hydrogen) atoms. The van der Waals surface area contributed by atoms with E-state index in [0.29, 0.717) is 17.4 Å². The van der Waals surface area contributed by atoms with E-state index in [-0.39, 0.29) is 35.9 Å². The molecule has 1 aliphatic rings. The van der Waals surface area contributed by atoms with Gasteiger partial charge < -0.3 is 19.5 Å². The number of rotatable bonds is 5. The van der Waals surface area contributed by atoms with Gasteiger partial charge >= 0.3 is 5.97 Å². The van der Waals surface area contributed by atoms with E-state index in [0.717, 1.165) is 0 Å². The minimum absolute atomic E-state index is 0.00573. The second kappa shape index (κ2) is 6.87. The number of fused-ring (bicyclic) bond motifs is 1. The Morgan fingerprint density at radius 1 is 1.32 bits per heavy atom. The Bertz CT molecular complexity index is 588. The van der Waals surface area contributed by atoms with E-state index in [9.17, 15) is 9.59 Å². The normalized spacial score (nSPS) is 13.9. The van der Waals surface area contributed by atoms with Crippen molar-refractivity contribution in [3.05, 3.63) is 22.7 Å². The highest BCUT2D eigenvalue weighted by Crippen LogP contribution is 2.39. The Morgan fingerprint density at radius 2 is 2.05 bits per heavy atom. The van der Waals surface area contributed by atoms with Crippen molar-refractivity contribution < 1.29 is 23.8 Å². The predicted molar refractivity (Wildman–Crippen MR) is 80.3 cm³/mol. The van der Waals surface area contributed by atoms with Crippen molar-refractivity contribution in [3.8, 4) is 11.5 Å². The van der Waals surface area contributed by atoms with Gasteiger partial charge in [-0.3, -0.25) is 4.79 Å². The average Bonchev–Trinajstić information content (AvgIpc) is 2.93. The monoisotopic (exact) mass is 327 g/mol. The van der Waals surface area contributed by atoms with Crippen molar-refractivity contribution in [1.29, 1.82) is 0 Å². The van der Waals surface area contributed by atoms with E-state index in [4.69, 9.17) is 25.8 Å². The number of amides is 1. The van der Waals surface area contributed by atoms with Crippen LogP contribution in [-0.4, -0.2) is 31.3 Å². The molecule has 0 saturated heterocycles. The smallest absolute Gasteiger partial charge is 0.338 e. The van der Waals surface area contributed by atoms with Gasteiger partial charge in [-0.2, -0.15) is 0 Å². The molecule has 0 fully saturated rings. The lowest BCUT2D eigenvalue weighted by atomic mass is 10.1. The van der Waals surface area contributed by atoms with Crippen LogP contribution in [0.15, 0.2) is 12.1 Å². The van der Waals surface area contributed by atoms with Crippen LogP contribution in [-0.2, 0) is 9.53 Å². The SMILES string of the molecule is CC(C)[C@H](C)NC(=O)COC(=O)c1cc(Cl)c2c(c1)OCO2. The first kappa shape index (κ1) is 16.4. The van der Waals surface area contributed by atoms with Gasteiger partial charge in [-0.25, -0.2) is 4.79 Å². The molecule has 0 radical (unpaired) electrons. The van der Waals surface area contributed by atoms with E-state index in [1.165, 1.54) is 12.1 Å². The maximum atomic E-state index is 12.0. The molecule has 0 aromatic heterocycles. The topological polar surface area (TPSA) is 73.9 Å².